The van der Waals surface area contributed by atoms with Crippen molar-refractivity contribution in [3.05, 3.63) is 34.6 Å². The van der Waals surface area contributed by atoms with Crippen molar-refractivity contribution < 1.29 is 9.18 Å². The maximum Gasteiger partial charge on any atom is 0.224 e. The molecule has 0 saturated heterocycles. The maximum atomic E-state index is 13.8. The zero-order valence-electron chi connectivity index (χ0n) is 11.5. The summed E-state index contributed by atoms with van der Waals surface area (Å²) in [5.74, 6) is -0.0798. The highest BCUT2D eigenvalue weighted by molar-refractivity contribution is 6.31. The molecule has 0 spiro atoms. The number of benzene rings is 1. The van der Waals surface area contributed by atoms with Gasteiger partial charge in [-0.1, -0.05) is 17.7 Å². The van der Waals surface area contributed by atoms with Crippen LogP contribution in [0.5, 0.6) is 0 Å². The highest BCUT2D eigenvalue weighted by Gasteiger charge is 2.47. The highest BCUT2D eigenvalue weighted by Crippen LogP contribution is 2.50. The molecule has 2 aliphatic carbocycles. The molecule has 3 nitrogen and oxygen atoms in total. The molecule has 3 unspecified atom stereocenters. The molecule has 3 rings (SSSR count). The number of nitrogens with one attached hydrogen (secondary N) is 1. The van der Waals surface area contributed by atoms with Crippen LogP contribution < -0.4 is 11.1 Å². The van der Waals surface area contributed by atoms with E-state index >= 15 is 0 Å². The van der Waals surface area contributed by atoms with Crippen molar-refractivity contribution in [1.82, 2.24) is 5.32 Å². The zero-order chi connectivity index (χ0) is 14.3. The number of hydrogen-bond acceptors (Lipinski definition) is 2. The summed E-state index contributed by atoms with van der Waals surface area (Å²) < 4.78 is 13.8. The quantitative estimate of drug-likeness (QED) is 0.871. The minimum absolute atomic E-state index is 0. The van der Waals surface area contributed by atoms with Gasteiger partial charge in [-0.2, -0.15) is 0 Å². The SMILES string of the molecule is Cl.NCC(NC(=O)C1CC1c1c(F)cccc1Cl)C1CC1. The summed E-state index contributed by atoms with van der Waals surface area (Å²) in [6.45, 7) is 0.467. The lowest BCUT2D eigenvalue weighted by Gasteiger charge is -2.16. The Morgan fingerprint density at radius 3 is 2.76 bits per heavy atom. The highest BCUT2D eigenvalue weighted by atomic mass is 35.5. The van der Waals surface area contributed by atoms with Gasteiger partial charge in [0, 0.05) is 35.0 Å². The molecule has 2 fully saturated rings. The van der Waals surface area contributed by atoms with Crippen LogP contribution in [0.25, 0.3) is 0 Å². The second-order valence-electron chi connectivity index (χ2n) is 5.77. The monoisotopic (exact) mass is 332 g/mol. The van der Waals surface area contributed by atoms with Gasteiger partial charge in [-0.15, -0.1) is 12.4 Å². The van der Waals surface area contributed by atoms with E-state index in [1.165, 1.54) is 6.07 Å². The first-order valence-corrected chi connectivity index (χ1v) is 7.44. The number of amides is 1. The summed E-state index contributed by atoms with van der Waals surface area (Å²) in [4.78, 5) is 12.2. The van der Waals surface area contributed by atoms with Gasteiger partial charge in [0.2, 0.25) is 5.91 Å². The van der Waals surface area contributed by atoms with Gasteiger partial charge in [0.25, 0.3) is 0 Å². The fourth-order valence-electron chi connectivity index (χ4n) is 2.83. The molecule has 2 aliphatic rings. The largest absolute Gasteiger partial charge is 0.352 e. The van der Waals surface area contributed by atoms with E-state index in [0.717, 1.165) is 12.8 Å². The number of hydrogen-bond donors (Lipinski definition) is 2. The lowest BCUT2D eigenvalue weighted by Crippen LogP contribution is -2.42. The summed E-state index contributed by atoms with van der Waals surface area (Å²) in [6, 6.07) is 4.71. The van der Waals surface area contributed by atoms with Crippen LogP contribution in [-0.4, -0.2) is 18.5 Å². The summed E-state index contributed by atoms with van der Waals surface area (Å²) in [7, 11) is 0. The van der Waals surface area contributed by atoms with E-state index in [1.807, 2.05) is 0 Å². The van der Waals surface area contributed by atoms with E-state index in [1.54, 1.807) is 12.1 Å². The first-order chi connectivity index (χ1) is 9.61. The van der Waals surface area contributed by atoms with Gasteiger partial charge < -0.3 is 11.1 Å². The van der Waals surface area contributed by atoms with Crippen LogP contribution in [0, 0.1) is 17.7 Å². The molecule has 1 amide bonds. The predicted molar refractivity (Wildman–Crippen MR) is 83.2 cm³/mol. The van der Waals surface area contributed by atoms with Crippen molar-refractivity contribution in [3.8, 4) is 0 Å². The summed E-state index contributed by atoms with van der Waals surface area (Å²) in [6.07, 6.45) is 2.93. The summed E-state index contributed by atoms with van der Waals surface area (Å²) in [5.41, 5.74) is 6.16. The number of carbonyl (C=O) groups is 1. The summed E-state index contributed by atoms with van der Waals surface area (Å²) >= 11 is 6.04. The zero-order valence-corrected chi connectivity index (χ0v) is 13.1. The van der Waals surface area contributed by atoms with Gasteiger partial charge in [-0.25, -0.2) is 4.39 Å². The molecule has 2 saturated carbocycles. The van der Waals surface area contributed by atoms with Gasteiger partial charge in [-0.05, 0) is 37.3 Å². The average molecular weight is 333 g/mol. The van der Waals surface area contributed by atoms with Gasteiger partial charge >= 0.3 is 0 Å². The molecule has 0 heterocycles. The van der Waals surface area contributed by atoms with Crippen LogP contribution >= 0.6 is 24.0 Å². The minimum atomic E-state index is -0.324. The fourth-order valence-corrected chi connectivity index (χ4v) is 3.13. The smallest absolute Gasteiger partial charge is 0.224 e. The topological polar surface area (TPSA) is 55.1 Å². The van der Waals surface area contributed by atoms with Crippen LogP contribution in [0.15, 0.2) is 18.2 Å². The third-order valence-electron chi connectivity index (χ3n) is 4.27. The van der Waals surface area contributed by atoms with Crippen LogP contribution in [0.4, 0.5) is 4.39 Å². The van der Waals surface area contributed by atoms with Gasteiger partial charge in [-0.3, -0.25) is 4.79 Å². The number of halogens is 3. The number of rotatable bonds is 5. The fraction of sp³-hybridized carbons (Fsp3) is 0.533. The Morgan fingerprint density at radius 1 is 1.48 bits per heavy atom. The van der Waals surface area contributed by atoms with Crippen LogP contribution in [0.3, 0.4) is 0 Å². The molecular formula is C15H19Cl2FN2O. The van der Waals surface area contributed by atoms with E-state index < -0.39 is 0 Å². The molecule has 6 heteroatoms. The van der Waals surface area contributed by atoms with E-state index in [4.69, 9.17) is 17.3 Å². The molecule has 0 aromatic heterocycles. The lowest BCUT2D eigenvalue weighted by molar-refractivity contribution is -0.123. The van der Waals surface area contributed by atoms with Crippen molar-refractivity contribution in [2.45, 2.75) is 31.2 Å². The van der Waals surface area contributed by atoms with Crippen molar-refractivity contribution in [2.24, 2.45) is 17.6 Å². The van der Waals surface area contributed by atoms with E-state index in [0.29, 0.717) is 29.5 Å². The minimum Gasteiger partial charge on any atom is -0.352 e. The Labute approximate surface area is 134 Å². The molecule has 0 bridgehead atoms. The van der Waals surface area contributed by atoms with E-state index in [2.05, 4.69) is 5.32 Å². The maximum absolute atomic E-state index is 13.8. The molecule has 0 radical (unpaired) electrons. The predicted octanol–water partition coefficient (Wildman–Crippen LogP) is 2.86. The van der Waals surface area contributed by atoms with Crippen molar-refractivity contribution in [3.63, 3.8) is 0 Å². The molecule has 3 N–H and O–H groups in total. The molecule has 3 atom stereocenters. The standard InChI is InChI=1S/C15H18ClFN2O.ClH/c16-11-2-1-3-12(17)14(11)9-6-10(9)15(20)19-13(7-18)8-4-5-8;/h1-3,8-10,13H,4-7,18H2,(H,19,20);1H. The van der Waals surface area contributed by atoms with Crippen molar-refractivity contribution in [2.75, 3.05) is 6.54 Å². The molecule has 1 aromatic rings. The molecule has 0 aliphatic heterocycles. The Kier molecular flexibility index (Phi) is 5.12. The Hall–Kier alpha value is -0.840. The second kappa shape index (κ2) is 6.51. The lowest BCUT2D eigenvalue weighted by atomic mass is 10.1. The first kappa shape index (κ1) is 16.5. The van der Waals surface area contributed by atoms with Gasteiger partial charge in [0.05, 0.1) is 0 Å². The first-order valence-electron chi connectivity index (χ1n) is 7.06. The third-order valence-corrected chi connectivity index (χ3v) is 4.60. The summed E-state index contributed by atoms with van der Waals surface area (Å²) in [5, 5.41) is 3.41. The molecule has 21 heavy (non-hydrogen) atoms. The van der Waals surface area contributed by atoms with Crippen molar-refractivity contribution in [1.29, 1.82) is 0 Å². The van der Waals surface area contributed by atoms with Crippen molar-refractivity contribution >= 4 is 29.9 Å². The van der Waals surface area contributed by atoms with Gasteiger partial charge in [0.15, 0.2) is 0 Å². The Bertz CT molecular complexity index is 516. The van der Waals surface area contributed by atoms with Crippen LogP contribution in [0.2, 0.25) is 5.02 Å². The number of carbonyl (C=O) groups excluding carboxylic acids is 1. The van der Waals surface area contributed by atoms with Crippen LogP contribution in [-0.2, 0) is 4.79 Å². The average Bonchev–Trinajstić information content (AvgIpc) is 3.27. The normalized spacial score (nSPS) is 24.9. The number of nitrogens with two attached hydrogens (primary N) is 1. The van der Waals surface area contributed by atoms with E-state index in [9.17, 15) is 9.18 Å². The van der Waals surface area contributed by atoms with E-state index in [-0.39, 0.29) is 42.0 Å². The van der Waals surface area contributed by atoms with Crippen LogP contribution in [0.1, 0.15) is 30.7 Å². The molecule has 1 aromatic carbocycles. The van der Waals surface area contributed by atoms with Gasteiger partial charge in [0.1, 0.15) is 5.82 Å². The third kappa shape index (κ3) is 3.50. The Balaban J connectivity index is 0.00000161. The molecular weight excluding hydrogens is 314 g/mol. The second-order valence-corrected chi connectivity index (χ2v) is 6.18. The molecule has 116 valence electrons. The Morgan fingerprint density at radius 2 is 2.19 bits per heavy atom.